The van der Waals surface area contributed by atoms with Gasteiger partial charge in [0.05, 0.1) is 5.69 Å². The molecule has 0 saturated heterocycles. The van der Waals surface area contributed by atoms with Crippen LogP contribution in [0.3, 0.4) is 0 Å². The summed E-state index contributed by atoms with van der Waals surface area (Å²) in [5.41, 5.74) is 3.53. The topological polar surface area (TPSA) is 106 Å². The first-order valence-corrected chi connectivity index (χ1v) is 14.1. The number of hydrogen-bond donors (Lipinski definition) is 2. The molecular weight excluding hydrogens is 569 g/mol. The van der Waals surface area contributed by atoms with E-state index in [0.29, 0.717) is 32.9 Å². The zero-order chi connectivity index (χ0) is 30.7. The molecule has 218 valence electrons. The number of anilines is 1. The van der Waals surface area contributed by atoms with E-state index in [1.54, 1.807) is 73.4 Å². The van der Waals surface area contributed by atoms with Gasteiger partial charge in [0.1, 0.15) is 18.4 Å². The molecule has 10 heteroatoms. The number of halogens is 2. The van der Waals surface area contributed by atoms with E-state index in [4.69, 9.17) is 11.6 Å². The number of nitrogens with zero attached hydrogens (tertiary/aromatic N) is 3. The first kappa shape index (κ1) is 29.6. The summed E-state index contributed by atoms with van der Waals surface area (Å²) < 4.78 is 17.1. The van der Waals surface area contributed by atoms with E-state index in [2.05, 4.69) is 20.6 Å². The molecule has 8 nitrogen and oxygen atoms in total. The predicted octanol–water partition coefficient (Wildman–Crippen LogP) is 6.60. The van der Waals surface area contributed by atoms with Crippen LogP contribution < -0.4 is 10.6 Å². The Balaban J connectivity index is 1.33. The summed E-state index contributed by atoms with van der Waals surface area (Å²) in [4.78, 5) is 47.2. The van der Waals surface area contributed by atoms with Gasteiger partial charge in [-0.15, -0.1) is 0 Å². The van der Waals surface area contributed by atoms with Crippen LogP contribution in [0.1, 0.15) is 36.5 Å². The highest BCUT2D eigenvalue weighted by atomic mass is 35.5. The summed E-state index contributed by atoms with van der Waals surface area (Å²) >= 11 is 6.25. The molecule has 2 N–H and O–H groups in total. The lowest BCUT2D eigenvalue weighted by Crippen LogP contribution is -2.44. The van der Waals surface area contributed by atoms with Gasteiger partial charge in [-0.05, 0) is 50.1 Å². The van der Waals surface area contributed by atoms with E-state index < -0.39 is 23.7 Å². The van der Waals surface area contributed by atoms with Crippen molar-refractivity contribution in [2.24, 2.45) is 0 Å². The molecule has 5 aromatic rings. The van der Waals surface area contributed by atoms with Crippen LogP contribution >= 0.6 is 11.6 Å². The van der Waals surface area contributed by atoms with Gasteiger partial charge in [-0.3, -0.25) is 14.4 Å². The van der Waals surface area contributed by atoms with E-state index in [1.807, 2.05) is 18.2 Å². The SMILES string of the molecule is CCC(NC(=O)Cn1cc(C(C)=O)c2cc(-c3cnc(C)nc3)ccc21)C(=O)Nc1cccc(-c2ccccc2Cl)c1F. The van der Waals surface area contributed by atoms with Gasteiger partial charge in [0.2, 0.25) is 11.8 Å². The predicted molar refractivity (Wildman–Crippen MR) is 165 cm³/mol. The molecule has 43 heavy (non-hydrogen) atoms. The lowest BCUT2D eigenvalue weighted by molar-refractivity contribution is -0.126. The smallest absolute Gasteiger partial charge is 0.247 e. The van der Waals surface area contributed by atoms with Crippen molar-refractivity contribution < 1.29 is 18.8 Å². The van der Waals surface area contributed by atoms with Gasteiger partial charge in [-0.2, -0.15) is 0 Å². The summed E-state index contributed by atoms with van der Waals surface area (Å²) in [6.07, 6.45) is 5.35. The third-order valence-electron chi connectivity index (χ3n) is 7.17. The maximum atomic E-state index is 15.4. The van der Waals surface area contributed by atoms with Crippen molar-refractivity contribution in [2.75, 3.05) is 5.32 Å². The molecule has 0 fully saturated rings. The summed E-state index contributed by atoms with van der Waals surface area (Å²) in [5, 5.41) is 6.41. The number of aryl methyl sites for hydroxylation is 1. The quantitative estimate of drug-likeness (QED) is 0.186. The second kappa shape index (κ2) is 12.5. The van der Waals surface area contributed by atoms with Crippen LogP contribution in [0.4, 0.5) is 10.1 Å². The minimum Gasteiger partial charge on any atom is -0.343 e. The van der Waals surface area contributed by atoms with Crippen molar-refractivity contribution in [1.29, 1.82) is 0 Å². The molecular formula is C33H29ClFN5O3. The van der Waals surface area contributed by atoms with Crippen LogP contribution in [0.2, 0.25) is 5.02 Å². The molecule has 2 heterocycles. The number of Topliss-reactive ketones (excluding diaryl/α,β-unsaturated/α-hetero) is 1. The number of fused-ring (bicyclic) bond motifs is 1. The molecule has 5 rings (SSSR count). The van der Waals surface area contributed by atoms with Gasteiger partial charge >= 0.3 is 0 Å². The van der Waals surface area contributed by atoms with Gasteiger partial charge in [-0.1, -0.05) is 54.9 Å². The number of amides is 2. The number of ketones is 1. The molecule has 0 aliphatic carbocycles. The second-order valence-corrected chi connectivity index (χ2v) is 10.5. The Morgan fingerprint density at radius 2 is 1.70 bits per heavy atom. The molecule has 0 spiro atoms. The Hall–Kier alpha value is -4.89. The third-order valence-corrected chi connectivity index (χ3v) is 7.50. The van der Waals surface area contributed by atoms with Crippen LogP contribution in [-0.4, -0.2) is 38.2 Å². The van der Waals surface area contributed by atoms with Crippen LogP contribution in [0.25, 0.3) is 33.2 Å². The van der Waals surface area contributed by atoms with E-state index in [9.17, 15) is 14.4 Å². The number of nitrogens with one attached hydrogen (secondary N) is 2. The first-order chi connectivity index (χ1) is 20.7. The summed E-state index contributed by atoms with van der Waals surface area (Å²) in [7, 11) is 0. The molecule has 0 bridgehead atoms. The van der Waals surface area contributed by atoms with Crippen molar-refractivity contribution >= 4 is 45.8 Å². The first-order valence-electron chi connectivity index (χ1n) is 13.7. The van der Waals surface area contributed by atoms with Crippen LogP contribution in [0.5, 0.6) is 0 Å². The molecule has 0 aliphatic rings. The maximum absolute atomic E-state index is 15.4. The lowest BCUT2D eigenvalue weighted by Gasteiger charge is -2.18. The summed E-state index contributed by atoms with van der Waals surface area (Å²) in [6, 6.07) is 16.2. The number of benzene rings is 3. The van der Waals surface area contributed by atoms with Crippen molar-refractivity contribution in [3.63, 3.8) is 0 Å². The fourth-order valence-corrected chi connectivity index (χ4v) is 5.15. The average Bonchev–Trinajstić information content (AvgIpc) is 3.35. The van der Waals surface area contributed by atoms with Crippen LogP contribution in [0, 0.1) is 12.7 Å². The molecule has 3 aromatic carbocycles. The molecule has 1 atom stereocenters. The van der Waals surface area contributed by atoms with Crippen molar-refractivity contribution in [3.8, 4) is 22.3 Å². The Morgan fingerprint density at radius 3 is 2.40 bits per heavy atom. The van der Waals surface area contributed by atoms with Gasteiger partial charge in [0, 0.05) is 56.8 Å². The number of rotatable bonds is 9. The van der Waals surface area contributed by atoms with Gasteiger partial charge in [0.25, 0.3) is 0 Å². The monoisotopic (exact) mass is 597 g/mol. The zero-order valence-electron chi connectivity index (χ0n) is 23.8. The largest absolute Gasteiger partial charge is 0.343 e. The van der Waals surface area contributed by atoms with Gasteiger partial charge in [-0.25, -0.2) is 14.4 Å². The van der Waals surface area contributed by atoms with E-state index in [0.717, 1.165) is 11.1 Å². The number of hydrogen-bond acceptors (Lipinski definition) is 5. The molecule has 0 saturated carbocycles. The van der Waals surface area contributed by atoms with E-state index >= 15 is 4.39 Å². The lowest BCUT2D eigenvalue weighted by atomic mass is 10.0. The minimum absolute atomic E-state index is 0.0209. The Morgan fingerprint density at radius 1 is 0.977 bits per heavy atom. The highest BCUT2D eigenvalue weighted by molar-refractivity contribution is 6.33. The van der Waals surface area contributed by atoms with Gasteiger partial charge in [0.15, 0.2) is 11.6 Å². The highest BCUT2D eigenvalue weighted by Gasteiger charge is 2.23. The Bertz CT molecular complexity index is 1850. The molecule has 0 radical (unpaired) electrons. The van der Waals surface area contributed by atoms with E-state index in [1.165, 1.54) is 13.0 Å². The zero-order valence-corrected chi connectivity index (χ0v) is 24.6. The molecule has 2 amide bonds. The highest BCUT2D eigenvalue weighted by Crippen LogP contribution is 2.33. The third kappa shape index (κ3) is 6.32. The molecule has 2 aromatic heterocycles. The normalized spacial score (nSPS) is 11.7. The van der Waals surface area contributed by atoms with Crippen molar-refractivity contribution in [3.05, 3.63) is 101 Å². The summed E-state index contributed by atoms with van der Waals surface area (Å²) in [5.74, 6) is -1.11. The van der Waals surface area contributed by atoms with Crippen molar-refractivity contribution in [1.82, 2.24) is 19.9 Å². The molecule has 0 aliphatic heterocycles. The minimum atomic E-state index is -0.918. The Labute approximate surface area is 252 Å². The average molecular weight is 598 g/mol. The maximum Gasteiger partial charge on any atom is 0.247 e. The van der Waals surface area contributed by atoms with Crippen LogP contribution in [0.15, 0.2) is 79.3 Å². The molecule has 1 unspecified atom stereocenters. The number of carbonyl (C=O) groups is 3. The van der Waals surface area contributed by atoms with Crippen LogP contribution in [-0.2, 0) is 16.1 Å². The standard InChI is InChI=1S/C33H29ClFN5O3/c1-4-28(33(43)39-29-11-7-9-24(32(29)35)23-8-5-6-10-27(23)34)38-31(42)18-40-17-26(19(2)41)25-14-21(12-13-30(25)40)22-15-36-20(3)37-16-22/h5-17,28H,4,18H2,1-3H3,(H,38,42)(H,39,43). The Kier molecular flexibility index (Phi) is 8.63. The van der Waals surface area contributed by atoms with Gasteiger partial charge < -0.3 is 15.2 Å². The van der Waals surface area contributed by atoms with E-state index in [-0.39, 0.29) is 30.0 Å². The number of aromatic nitrogens is 3. The summed E-state index contributed by atoms with van der Waals surface area (Å²) in [6.45, 7) is 4.89. The second-order valence-electron chi connectivity index (χ2n) is 10.1. The van der Waals surface area contributed by atoms with Crippen molar-refractivity contribution in [2.45, 2.75) is 39.8 Å². The number of carbonyl (C=O) groups excluding carboxylic acids is 3. The fraction of sp³-hybridized carbons (Fsp3) is 0.182. The fourth-order valence-electron chi connectivity index (χ4n) is 4.91.